The van der Waals surface area contributed by atoms with E-state index < -0.39 is 11.9 Å². The first kappa shape index (κ1) is 27.5. The number of halogens is 1. The van der Waals surface area contributed by atoms with E-state index in [9.17, 15) is 9.59 Å². The molecule has 5 rings (SSSR count). The Kier molecular flexibility index (Phi) is 8.03. The van der Waals surface area contributed by atoms with Crippen LogP contribution in [0.3, 0.4) is 0 Å². The van der Waals surface area contributed by atoms with Crippen molar-refractivity contribution in [1.82, 2.24) is 10.4 Å². The predicted octanol–water partition coefficient (Wildman–Crippen LogP) is 6.80. The number of nitrogens with zero attached hydrogens (tertiary/aromatic N) is 1. The summed E-state index contributed by atoms with van der Waals surface area (Å²) < 4.78 is 16.8. The highest BCUT2D eigenvalue weighted by Gasteiger charge is 2.25. The van der Waals surface area contributed by atoms with Crippen LogP contribution in [0.15, 0.2) is 90.0 Å². The summed E-state index contributed by atoms with van der Waals surface area (Å²) in [7, 11) is 3.10. The Morgan fingerprint density at radius 3 is 2.27 bits per heavy atom. The van der Waals surface area contributed by atoms with Crippen LogP contribution in [0.5, 0.6) is 17.2 Å². The largest absolute Gasteiger partial charge is 0.496 e. The van der Waals surface area contributed by atoms with Gasteiger partial charge in [0.25, 0.3) is 5.91 Å². The number of benzene rings is 4. The molecule has 1 aromatic heterocycles. The monoisotopic (exact) mass is 567 g/mol. The van der Waals surface area contributed by atoms with Crippen LogP contribution in [0.2, 0.25) is 5.02 Å². The second-order valence-electron chi connectivity index (χ2n) is 9.07. The topological polar surface area (TPSA) is 102 Å². The summed E-state index contributed by atoms with van der Waals surface area (Å²) in [6.07, 6.45) is 1.41. The van der Waals surface area contributed by atoms with Crippen LogP contribution in [-0.4, -0.2) is 37.3 Å². The summed E-state index contributed by atoms with van der Waals surface area (Å²) in [5.41, 5.74) is 6.49. The number of hydrogen-bond donors (Lipinski definition) is 2. The maximum Gasteiger partial charge on any atom is 0.343 e. The molecule has 1 heterocycles. The summed E-state index contributed by atoms with van der Waals surface area (Å²) in [5, 5.41) is 5.25. The highest BCUT2D eigenvalue weighted by molar-refractivity contribution is 6.34. The number of ether oxygens (including phenoxy) is 3. The van der Waals surface area contributed by atoms with Crippen molar-refractivity contribution < 1.29 is 23.8 Å². The molecule has 0 aliphatic heterocycles. The molecule has 0 atom stereocenters. The zero-order valence-electron chi connectivity index (χ0n) is 22.5. The van der Waals surface area contributed by atoms with E-state index in [1.165, 1.54) is 6.21 Å². The van der Waals surface area contributed by atoms with E-state index in [0.29, 0.717) is 55.4 Å². The summed E-state index contributed by atoms with van der Waals surface area (Å²) in [4.78, 5) is 29.4. The summed E-state index contributed by atoms with van der Waals surface area (Å²) in [6, 6.07) is 24.7. The molecule has 0 aliphatic carbocycles. The molecule has 5 aromatic rings. The van der Waals surface area contributed by atoms with Crippen LogP contribution in [0, 0.1) is 6.92 Å². The number of carbonyl (C=O) groups is 2. The Morgan fingerprint density at radius 2 is 1.54 bits per heavy atom. The van der Waals surface area contributed by atoms with Crippen LogP contribution < -0.4 is 19.6 Å². The van der Waals surface area contributed by atoms with Crippen molar-refractivity contribution in [1.29, 1.82) is 0 Å². The second kappa shape index (κ2) is 12.0. The standard InChI is InChI=1S/C32H26ClN3O5/c1-19-12-14-20(15-13-19)32(38)41-24-11-7-4-8-21(24)18-34-36-31(37)30-27(22-9-5-6-10-23(22)33)28-25(39-2)16-17-26(40-3)29(28)35-30/h4-18,35H,1-3H3,(H,36,37). The lowest BCUT2D eigenvalue weighted by Gasteiger charge is -2.10. The zero-order valence-corrected chi connectivity index (χ0v) is 23.3. The van der Waals surface area contributed by atoms with Crippen molar-refractivity contribution in [3.63, 3.8) is 0 Å². The van der Waals surface area contributed by atoms with E-state index in [1.54, 1.807) is 68.8 Å². The first-order valence-electron chi connectivity index (χ1n) is 12.6. The van der Waals surface area contributed by atoms with Gasteiger partial charge in [0.1, 0.15) is 22.9 Å². The quantitative estimate of drug-likeness (QED) is 0.0929. The van der Waals surface area contributed by atoms with Crippen LogP contribution in [0.4, 0.5) is 0 Å². The third-order valence-corrected chi connectivity index (χ3v) is 6.80. The van der Waals surface area contributed by atoms with Crippen molar-refractivity contribution in [2.75, 3.05) is 14.2 Å². The lowest BCUT2D eigenvalue weighted by atomic mass is 10.0. The molecule has 4 aromatic carbocycles. The highest BCUT2D eigenvalue weighted by atomic mass is 35.5. The van der Waals surface area contributed by atoms with E-state index in [1.807, 2.05) is 37.3 Å². The molecule has 0 aliphatic rings. The van der Waals surface area contributed by atoms with Gasteiger partial charge in [-0.05, 0) is 49.4 Å². The number of para-hydroxylation sites is 1. The number of amides is 1. The summed E-state index contributed by atoms with van der Waals surface area (Å²) in [5.74, 6) is 0.346. The minimum atomic E-state index is -0.523. The van der Waals surface area contributed by atoms with Gasteiger partial charge in [0, 0.05) is 21.7 Å². The van der Waals surface area contributed by atoms with Gasteiger partial charge in [0.15, 0.2) is 0 Å². The first-order valence-corrected chi connectivity index (χ1v) is 13.0. The molecule has 0 radical (unpaired) electrons. The second-order valence-corrected chi connectivity index (χ2v) is 9.47. The number of methoxy groups -OCH3 is 2. The maximum absolute atomic E-state index is 13.5. The molecule has 1 amide bonds. The lowest BCUT2D eigenvalue weighted by molar-refractivity contribution is 0.0734. The van der Waals surface area contributed by atoms with E-state index in [0.717, 1.165) is 5.56 Å². The van der Waals surface area contributed by atoms with Crippen molar-refractivity contribution in [2.24, 2.45) is 5.10 Å². The van der Waals surface area contributed by atoms with Crippen molar-refractivity contribution >= 4 is 40.6 Å². The van der Waals surface area contributed by atoms with Gasteiger partial charge in [-0.1, -0.05) is 59.6 Å². The number of esters is 1. The zero-order chi connectivity index (χ0) is 28.9. The number of hydrazone groups is 1. The molecule has 206 valence electrons. The van der Waals surface area contributed by atoms with Crippen LogP contribution >= 0.6 is 11.6 Å². The van der Waals surface area contributed by atoms with Gasteiger partial charge in [0.2, 0.25) is 0 Å². The average molecular weight is 568 g/mol. The number of nitrogens with one attached hydrogen (secondary N) is 2. The van der Waals surface area contributed by atoms with Gasteiger partial charge in [-0.3, -0.25) is 4.79 Å². The minimum Gasteiger partial charge on any atom is -0.496 e. The summed E-state index contributed by atoms with van der Waals surface area (Å²) in [6.45, 7) is 1.94. The van der Waals surface area contributed by atoms with E-state index in [4.69, 9.17) is 25.8 Å². The van der Waals surface area contributed by atoms with Gasteiger partial charge in [-0.2, -0.15) is 5.10 Å². The number of aryl methyl sites for hydroxylation is 1. The van der Waals surface area contributed by atoms with Crippen LogP contribution in [0.25, 0.3) is 22.0 Å². The maximum atomic E-state index is 13.5. The third kappa shape index (κ3) is 5.64. The van der Waals surface area contributed by atoms with Crippen molar-refractivity contribution in [3.8, 4) is 28.4 Å². The number of fused-ring (bicyclic) bond motifs is 1. The van der Waals surface area contributed by atoms with E-state index >= 15 is 0 Å². The molecule has 0 saturated heterocycles. The van der Waals surface area contributed by atoms with Crippen LogP contribution in [-0.2, 0) is 0 Å². The Labute approximate surface area is 241 Å². The predicted molar refractivity (Wildman–Crippen MR) is 159 cm³/mol. The van der Waals surface area contributed by atoms with E-state index in [-0.39, 0.29) is 5.69 Å². The van der Waals surface area contributed by atoms with Gasteiger partial charge in [0.05, 0.1) is 36.9 Å². The first-order chi connectivity index (χ1) is 19.9. The van der Waals surface area contributed by atoms with Crippen molar-refractivity contribution in [3.05, 3.63) is 112 Å². The van der Waals surface area contributed by atoms with Gasteiger partial charge in [-0.15, -0.1) is 0 Å². The number of H-pyrrole nitrogens is 1. The fourth-order valence-corrected chi connectivity index (χ4v) is 4.67. The van der Waals surface area contributed by atoms with Crippen molar-refractivity contribution in [2.45, 2.75) is 6.92 Å². The minimum absolute atomic E-state index is 0.215. The normalized spacial score (nSPS) is 11.0. The van der Waals surface area contributed by atoms with Gasteiger partial charge in [-0.25, -0.2) is 10.2 Å². The number of rotatable bonds is 8. The molecular weight excluding hydrogens is 542 g/mol. The fraction of sp³-hybridized carbons (Fsp3) is 0.0938. The molecule has 2 N–H and O–H groups in total. The highest BCUT2D eigenvalue weighted by Crippen LogP contribution is 2.44. The average Bonchev–Trinajstić information content (AvgIpc) is 3.39. The third-order valence-electron chi connectivity index (χ3n) is 6.47. The molecule has 9 heteroatoms. The van der Waals surface area contributed by atoms with Gasteiger partial charge >= 0.3 is 5.97 Å². The number of aromatic amines is 1. The number of hydrogen-bond acceptors (Lipinski definition) is 6. The Morgan fingerprint density at radius 1 is 0.854 bits per heavy atom. The molecule has 0 fully saturated rings. The smallest absolute Gasteiger partial charge is 0.343 e. The Bertz CT molecular complexity index is 1780. The van der Waals surface area contributed by atoms with Gasteiger partial charge < -0.3 is 19.2 Å². The van der Waals surface area contributed by atoms with E-state index in [2.05, 4.69) is 15.5 Å². The number of carbonyl (C=O) groups excluding carboxylic acids is 2. The Balaban J connectivity index is 1.47. The molecule has 8 nitrogen and oxygen atoms in total. The lowest BCUT2D eigenvalue weighted by Crippen LogP contribution is -2.19. The molecule has 0 unspecified atom stereocenters. The molecule has 41 heavy (non-hydrogen) atoms. The van der Waals surface area contributed by atoms with Crippen LogP contribution in [0.1, 0.15) is 32.0 Å². The fourth-order valence-electron chi connectivity index (χ4n) is 4.44. The molecular formula is C32H26ClN3O5. The SMILES string of the molecule is COc1ccc(OC)c2c(-c3ccccc3Cl)c(C(=O)NN=Cc3ccccc3OC(=O)c3ccc(C)cc3)[nH]c12. The molecule has 0 saturated carbocycles. The summed E-state index contributed by atoms with van der Waals surface area (Å²) >= 11 is 6.57. The molecule has 0 spiro atoms. The molecule has 0 bridgehead atoms. The number of aromatic nitrogens is 1. The Hall–Kier alpha value is -5.08.